The van der Waals surface area contributed by atoms with E-state index < -0.39 is 0 Å². The number of benzene rings is 1. The highest BCUT2D eigenvalue weighted by atomic mass is 15.1. The predicted molar refractivity (Wildman–Crippen MR) is 82.7 cm³/mol. The molecule has 3 rings (SSSR count). The van der Waals surface area contributed by atoms with Gasteiger partial charge in [-0.05, 0) is 38.0 Å². The van der Waals surface area contributed by atoms with Crippen molar-refractivity contribution in [3.63, 3.8) is 0 Å². The summed E-state index contributed by atoms with van der Waals surface area (Å²) in [5.41, 5.74) is 2.07. The molecular weight excluding hydrogens is 250 g/mol. The molecule has 1 aromatic heterocycles. The Bertz CT molecular complexity index is 607. The topological polar surface area (TPSA) is 61.9 Å². The number of nitrogens with zero attached hydrogens (tertiary/aromatic N) is 2. The van der Waals surface area contributed by atoms with Crippen LogP contribution in [0.5, 0.6) is 0 Å². The molecule has 2 aromatic rings. The molecule has 3 N–H and O–H groups in total. The summed E-state index contributed by atoms with van der Waals surface area (Å²) >= 11 is 0. The molecule has 5 heteroatoms. The standard InChI is InChI=1S/C15H19N5/c1-10-17-14(19-11-6-7-11)9-15(18-10)20-13-5-3-4-12(8-13)16-2/h3-5,8-9,11,16H,6-7H2,1-2H3,(H2,17,18,19,20). The van der Waals surface area contributed by atoms with Gasteiger partial charge in [0.15, 0.2) is 0 Å². The van der Waals surface area contributed by atoms with Crippen molar-refractivity contribution in [3.05, 3.63) is 36.2 Å². The first kappa shape index (κ1) is 12.7. The largest absolute Gasteiger partial charge is 0.388 e. The van der Waals surface area contributed by atoms with Gasteiger partial charge in [-0.2, -0.15) is 0 Å². The van der Waals surface area contributed by atoms with Gasteiger partial charge < -0.3 is 16.0 Å². The lowest BCUT2D eigenvalue weighted by molar-refractivity contribution is 1.02. The van der Waals surface area contributed by atoms with Crippen LogP contribution in [0.15, 0.2) is 30.3 Å². The SMILES string of the molecule is CNc1cccc(Nc2cc(NC3CC3)nc(C)n2)c1. The zero-order chi connectivity index (χ0) is 13.9. The van der Waals surface area contributed by atoms with E-state index in [1.165, 1.54) is 12.8 Å². The van der Waals surface area contributed by atoms with Crippen LogP contribution in [0, 0.1) is 6.92 Å². The molecular formula is C15H19N5. The molecule has 0 atom stereocenters. The van der Waals surface area contributed by atoms with Gasteiger partial charge in [0, 0.05) is 30.5 Å². The van der Waals surface area contributed by atoms with E-state index in [0.29, 0.717) is 6.04 Å². The minimum atomic E-state index is 0.588. The molecule has 0 aliphatic heterocycles. The second kappa shape index (κ2) is 5.36. The lowest BCUT2D eigenvalue weighted by Gasteiger charge is -2.10. The summed E-state index contributed by atoms with van der Waals surface area (Å²) in [6, 6.07) is 10.6. The van der Waals surface area contributed by atoms with Crippen LogP contribution in [-0.2, 0) is 0 Å². The average molecular weight is 269 g/mol. The Morgan fingerprint density at radius 3 is 2.55 bits per heavy atom. The normalized spacial score (nSPS) is 13.9. The number of hydrogen-bond donors (Lipinski definition) is 3. The molecule has 1 aliphatic carbocycles. The molecule has 1 aliphatic rings. The monoisotopic (exact) mass is 269 g/mol. The van der Waals surface area contributed by atoms with E-state index >= 15 is 0 Å². The Balaban J connectivity index is 1.79. The Hall–Kier alpha value is -2.30. The second-order valence-corrected chi connectivity index (χ2v) is 5.06. The summed E-state index contributed by atoms with van der Waals surface area (Å²) in [6.45, 7) is 1.91. The second-order valence-electron chi connectivity index (χ2n) is 5.06. The zero-order valence-corrected chi connectivity index (χ0v) is 11.8. The molecule has 0 bridgehead atoms. The molecule has 1 aromatic carbocycles. The van der Waals surface area contributed by atoms with Gasteiger partial charge in [-0.1, -0.05) is 6.07 Å². The van der Waals surface area contributed by atoms with Crippen LogP contribution in [0.1, 0.15) is 18.7 Å². The minimum Gasteiger partial charge on any atom is -0.388 e. The average Bonchev–Trinajstić information content (AvgIpc) is 3.22. The summed E-state index contributed by atoms with van der Waals surface area (Å²) < 4.78 is 0. The van der Waals surface area contributed by atoms with E-state index in [0.717, 1.165) is 28.8 Å². The molecule has 20 heavy (non-hydrogen) atoms. The third-order valence-electron chi connectivity index (χ3n) is 3.19. The quantitative estimate of drug-likeness (QED) is 0.778. The maximum Gasteiger partial charge on any atom is 0.136 e. The van der Waals surface area contributed by atoms with Crippen molar-refractivity contribution in [1.29, 1.82) is 0 Å². The van der Waals surface area contributed by atoms with Crippen LogP contribution in [0.3, 0.4) is 0 Å². The van der Waals surface area contributed by atoms with Gasteiger partial charge in [0.2, 0.25) is 0 Å². The van der Waals surface area contributed by atoms with Gasteiger partial charge in [-0.15, -0.1) is 0 Å². The molecule has 5 nitrogen and oxygen atoms in total. The summed E-state index contributed by atoms with van der Waals surface area (Å²) in [5.74, 6) is 2.48. The van der Waals surface area contributed by atoms with E-state index in [-0.39, 0.29) is 0 Å². The van der Waals surface area contributed by atoms with Crippen molar-refractivity contribution in [1.82, 2.24) is 9.97 Å². The molecule has 1 heterocycles. The highest BCUT2D eigenvalue weighted by Crippen LogP contribution is 2.25. The van der Waals surface area contributed by atoms with E-state index in [2.05, 4.69) is 25.9 Å². The summed E-state index contributed by atoms with van der Waals surface area (Å²) in [4.78, 5) is 8.84. The van der Waals surface area contributed by atoms with Crippen molar-refractivity contribution in [2.24, 2.45) is 0 Å². The van der Waals surface area contributed by atoms with Crippen LogP contribution >= 0.6 is 0 Å². The molecule has 104 valence electrons. The smallest absolute Gasteiger partial charge is 0.136 e. The number of rotatable bonds is 5. The van der Waals surface area contributed by atoms with Gasteiger partial charge in [0.25, 0.3) is 0 Å². The Morgan fingerprint density at radius 1 is 1.05 bits per heavy atom. The lowest BCUT2D eigenvalue weighted by atomic mass is 10.3. The van der Waals surface area contributed by atoms with Crippen molar-refractivity contribution >= 4 is 23.0 Å². The fraction of sp³-hybridized carbons (Fsp3) is 0.333. The third-order valence-corrected chi connectivity index (χ3v) is 3.19. The molecule has 1 saturated carbocycles. The van der Waals surface area contributed by atoms with Gasteiger partial charge in [0.1, 0.15) is 17.5 Å². The number of aromatic nitrogens is 2. The first-order valence-electron chi connectivity index (χ1n) is 6.90. The molecule has 0 radical (unpaired) electrons. The van der Waals surface area contributed by atoms with Gasteiger partial charge in [-0.25, -0.2) is 9.97 Å². The summed E-state index contributed by atoms with van der Waals surface area (Å²) in [6.07, 6.45) is 2.46. The number of anilines is 4. The van der Waals surface area contributed by atoms with Crippen LogP contribution in [0.25, 0.3) is 0 Å². The lowest BCUT2D eigenvalue weighted by Crippen LogP contribution is -2.06. The van der Waals surface area contributed by atoms with Gasteiger partial charge in [0.05, 0.1) is 0 Å². The van der Waals surface area contributed by atoms with E-state index in [1.807, 2.05) is 44.3 Å². The van der Waals surface area contributed by atoms with Crippen LogP contribution in [0.2, 0.25) is 0 Å². The van der Waals surface area contributed by atoms with Crippen LogP contribution in [0.4, 0.5) is 23.0 Å². The summed E-state index contributed by atoms with van der Waals surface area (Å²) in [5, 5.41) is 9.85. The third kappa shape index (κ3) is 3.17. The maximum absolute atomic E-state index is 4.43. The predicted octanol–water partition coefficient (Wildman–Crippen LogP) is 3.14. The van der Waals surface area contributed by atoms with E-state index in [4.69, 9.17) is 0 Å². The highest BCUT2D eigenvalue weighted by Gasteiger charge is 2.21. The van der Waals surface area contributed by atoms with Crippen LogP contribution < -0.4 is 16.0 Å². The number of nitrogens with one attached hydrogen (secondary N) is 3. The first-order chi connectivity index (χ1) is 9.72. The zero-order valence-electron chi connectivity index (χ0n) is 11.8. The van der Waals surface area contributed by atoms with E-state index in [9.17, 15) is 0 Å². The Morgan fingerprint density at radius 2 is 1.80 bits per heavy atom. The van der Waals surface area contributed by atoms with Crippen molar-refractivity contribution in [3.8, 4) is 0 Å². The number of hydrogen-bond acceptors (Lipinski definition) is 5. The minimum absolute atomic E-state index is 0.588. The first-order valence-corrected chi connectivity index (χ1v) is 6.90. The Kier molecular flexibility index (Phi) is 3.41. The van der Waals surface area contributed by atoms with Gasteiger partial charge in [-0.3, -0.25) is 0 Å². The molecule has 0 amide bonds. The van der Waals surface area contributed by atoms with E-state index in [1.54, 1.807) is 0 Å². The highest BCUT2D eigenvalue weighted by molar-refractivity contribution is 5.64. The fourth-order valence-electron chi connectivity index (χ4n) is 2.04. The van der Waals surface area contributed by atoms with Crippen LogP contribution in [-0.4, -0.2) is 23.1 Å². The van der Waals surface area contributed by atoms with Crippen molar-refractivity contribution in [2.75, 3.05) is 23.0 Å². The molecule has 0 saturated heterocycles. The molecule has 0 unspecified atom stereocenters. The number of aryl methyl sites for hydroxylation is 1. The fourth-order valence-corrected chi connectivity index (χ4v) is 2.04. The molecule has 1 fully saturated rings. The Labute approximate surface area is 118 Å². The molecule has 0 spiro atoms. The van der Waals surface area contributed by atoms with Crippen molar-refractivity contribution in [2.45, 2.75) is 25.8 Å². The maximum atomic E-state index is 4.43. The summed E-state index contributed by atoms with van der Waals surface area (Å²) in [7, 11) is 1.91. The van der Waals surface area contributed by atoms with Crippen molar-refractivity contribution < 1.29 is 0 Å². The van der Waals surface area contributed by atoms with Gasteiger partial charge >= 0.3 is 0 Å².